The van der Waals surface area contributed by atoms with Gasteiger partial charge >= 0.3 is 0 Å². The summed E-state index contributed by atoms with van der Waals surface area (Å²) in [4.78, 5) is 4.37. The standard InChI is InChI=1S/C14H14Cl2N2O/c1-9-3-4-10(15)7-13(9)19-14-6-5-11(16)12(18-14)8-17-2/h3-7,17H,8H2,1-2H3. The molecule has 0 radical (unpaired) electrons. The average molecular weight is 297 g/mol. The smallest absolute Gasteiger partial charge is 0.219 e. The Bertz CT molecular complexity index is 588. The van der Waals surface area contributed by atoms with Crippen LogP contribution in [0.1, 0.15) is 11.3 Å². The van der Waals surface area contributed by atoms with Gasteiger partial charge in [0.05, 0.1) is 10.7 Å². The molecular weight excluding hydrogens is 283 g/mol. The molecular formula is C14H14Cl2N2O. The number of ether oxygens (including phenoxy) is 1. The molecule has 1 aromatic carbocycles. The van der Waals surface area contributed by atoms with Crippen molar-refractivity contribution in [3.8, 4) is 11.6 Å². The first kappa shape index (κ1) is 14.1. The maximum Gasteiger partial charge on any atom is 0.219 e. The molecule has 19 heavy (non-hydrogen) atoms. The maximum atomic E-state index is 6.06. The van der Waals surface area contributed by atoms with Crippen LogP contribution in [0.15, 0.2) is 30.3 Å². The van der Waals surface area contributed by atoms with Gasteiger partial charge in [-0.2, -0.15) is 0 Å². The Hall–Kier alpha value is -1.29. The molecule has 0 aliphatic rings. The highest BCUT2D eigenvalue weighted by molar-refractivity contribution is 6.31. The second-order valence-electron chi connectivity index (χ2n) is 4.12. The first-order chi connectivity index (χ1) is 9.10. The number of nitrogens with one attached hydrogen (secondary N) is 1. The van der Waals surface area contributed by atoms with Gasteiger partial charge < -0.3 is 10.1 Å². The second-order valence-corrected chi connectivity index (χ2v) is 4.96. The number of aryl methyl sites for hydroxylation is 1. The third-order valence-corrected chi connectivity index (χ3v) is 3.18. The largest absolute Gasteiger partial charge is 0.439 e. The number of nitrogens with zero attached hydrogens (tertiary/aromatic N) is 1. The van der Waals surface area contributed by atoms with E-state index >= 15 is 0 Å². The fourth-order valence-corrected chi connectivity index (χ4v) is 1.94. The van der Waals surface area contributed by atoms with E-state index in [1.807, 2.05) is 26.1 Å². The zero-order valence-corrected chi connectivity index (χ0v) is 12.2. The molecule has 0 saturated heterocycles. The Labute approximate surface area is 122 Å². The van der Waals surface area contributed by atoms with Crippen LogP contribution in [0.5, 0.6) is 11.6 Å². The van der Waals surface area contributed by atoms with Crippen LogP contribution in [0.25, 0.3) is 0 Å². The van der Waals surface area contributed by atoms with E-state index in [0.717, 1.165) is 11.3 Å². The van der Waals surface area contributed by atoms with Crippen LogP contribution in [0.2, 0.25) is 10.0 Å². The molecule has 2 rings (SSSR count). The third-order valence-electron chi connectivity index (χ3n) is 2.60. The monoisotopic (exact) mass is 296 g/mol. The van der Waals surface area contributed by atoms with Gasteiger partial charge in [-0.15, -0.1) is 0 Å². The zero-order valence-electron chi connectivity index (χ0n) is 10.7. The van der Waals surface area contributed by atoms with Crippen molar-refractivity contribution >= 4 is 23.2 Å². The highest BCUT2D eigenvalue weighted by Crippen LogP contribution is 2.28. The SMILES string of the molecule is CNCc1nc(Oc2cc(Cl)ccc2C)ccc1Cl. The van der Waals surface area contributed by atoms with Crippen molar-refractivity contribution in [2.75, 3.05) is 7.05 Å². The van der Waals surface area contributed by atoms with Crippen LogP contribution in [0.3, 0.4) is 0 Å². The lowest BCUT2D eigenvalue weighted by Crippen LogP contribution is -2.08. The van der Waals surface area contributed by atoms with Crippen LogP contribution < -0.4 is 10.1 Å². The number of halogens is 2. The predicted molar refractivity (Wildman–Crippen MR) is 78.3 cm³/mol. The summed E-state index contributed by atoms with van der Waals surface area (Å²) in [6, 6.07) is 9.01. The van der Waals surface area contributed by atoms with Crippen LogP contribution in [-0.4, -0.2) is 12.0 Å². The highest BCUT2D eigenvalue weighted by atomic mass is 35.5. The number of hydrogen-bond donors (Lipinski definition) is 1. The van der Waals surface area contributed by atoms with Crippen LogP contribution in [0, 0.1) is 6.92 Å². The topological polar surface area (TPSA) is 34.2 Å². The Kier molecular flexibility index (Phi) is 4.64. The summed E-state index contributed by atoms with van der Waals surface area (Å²) in [5.41, 5.74) is 1.75. The molecule has 1 heterocycles. The molecule has 0 bridgehead atoms. The molecule has 0 spiro atoms. The molecule has 1 N–H and O–H groups in total. The molecule has 0 aliphatic carbocycles. The lowest BCUT2D eigenvalue weighted by molar-refractivity contribution is 0.457. The Morgan fingerprint density at radius 2 is 2.00 bits per heavy atom. The second kappa shape index (κ2) is 6.24. The molecule has 0 unspecified atom stereocenters. The van der Waals surface area contributed by atoms with Gasteiger partial charge in [-0.25, -0.2) is 4.98 Å². The summed E-state index contributed by atoms with van der Waals surface area (Å²) in [7, 11) is 1.84. The molecule has 3 nitrogen and oxygen atoms in total. The quantitative estimate of drug-likeness (QED) is 0.918. The Morgan fingerprint density at radius 3 is 2.74 bits per heavy atom. The minimum atomic E-state index is 0.500. The molecule has 0 saturated carbocycles. The van der Waals surface area contributed by atoms with Crippen molar-refractivity contribution in [1.82, 2.24) is 10.3 Å². The molecule has 0 atom stereocenters. The van der Waals surface area contributed by atoms with Crippen molar-refractivity contribution in [3.05, 3.63) is 51.6 Å². The number of rotatable bonds is 4. The highest BCUT2D eigenvalue weighted by Gasteiger charge is 2.07. The van der Waals surface area contributed by atoms with E-state index in [0.29, 0.717) is 28.2 Å². The summed E-state index contributed by atoms with van der Waals surface area (Å²) in [5.74, 6) is 1.19. The predicted octanol–water partition coefficient (Wildman–Crippen LogP) is 4.21. The van der Waals surface area contributed by atoms with E-state index in [1.54, 1.807) is 18.2 Å². The third kappa shape index (κ3) is 3.60. The van der Waals surface area contributed by atoms with Gasteiger partial charge in [0.15, 0.2) is 0 Å². The summed E-state index contributed by atoms with van der Waals surface area (Å²) >= 11 is 12.0. The summed E-state index contributed by atoms with van der Waals surface area (Å²) < 4.78 is 5.75. The van der Waals surface area contributed by atoms with Gasteiger partial charge in [-0.05, 0) is 37.7 Å². The average Bonchev–Trinajstić information content (AvgIpc) is 2.38. The molecule has 100 valence electrons. The van der Waals surface area contributed by atoms with Gasteiger partial charge in [0, 0.05) is 17.6 Å². The fraction of sp³-hybridized carbons (Fsp3) is 0.214. The molecule has 0 aliphatic heterocycles. The number of aromatic nitrogens is 1. The van der Waals surface area contributed by atoms with Crippen molar-refractivity contribution in [3.63, 3.8) is 0 Å². The Balaban J connectivity index is 2.28. The molecule has 0 amide bonds. The van der Waals surface area contributed by atoms with Gasteiger partial charge in [-0.1, -0.05) is 29.3 Å². The molecule has 0 fully saturated rings. The van der Waals surface area contributed by atoms with E-state index in [9.17, 15) is 0 Å². The van der Waals surface area contributed by atoms with E-state index in [2.05, 4.69) is 10.3 Å². The maximum absolute atomic E-state index is 6.06. The van der Waals surface area contributed by atoms with Crippen LogP contribution in [-0.2, 0) is 6.54 Å². The van der Waals surface area contributed by atoms with E-state index in [4.69, 9.17) is 27.9 Å². The van der Waals surface area contributed by atoms with E-state index in [1.165, 1.54) is 0 Å². The molecule has 1 aromatic heterocycles. The van der Waals surface area contributed by atoms with Gasteiger partial charge in [0.2, 0.25) is 5.88 Å². The number of benzene rings is 1. The lowest BCUT2D eigenvalue weighted by Gasteiger charge is -2.10. The first-order valence-corrected chi connectivity index (χ1v) is 6.60. The van der Waals surface area contributed by atoms with E-state index < -0.39 is 0 Å². The van der Waals surface area contributed by atoms with Gasteiger partial charge in [0.1, 0.15) is 5.75 Å². The minimum Gasteiger partial charge on any atom is -0.439 e. The summed E-state index contributed by atoms with van der Waals surface area (Å²) in [5, 5.41) is 4.26. The van der Waals surface area contributed by atoms with Gasteiger partial charge in [0.25, 0.3) is 0 Å². The number of pyridine rings is 1. The summed E-state index contributed by atoms with van der Waals surface area (Å²) in [6.45, 7) is 2.54. The normalized spacial score (nSPS) is 10.5. The van der Waals surface area contributed by atoms with Crippen molar-refractivity contribution < 1.29 is 4.74 Å². The van der Waals surface area contributed by atoms with Crippen molar-refractivity contribution in [1.29, 1.82) is 0 Å². The number of hydrogen-bond acceptors (Lipinski definition) is 3. The van der Waals surface area contributed by atoms with Crippen LogP contribution in [0.4, 0.5) is 0 Å². The first-order valence-electron chi connectivity index (χ1n) is 5.84. The zero-order chi connectivity index (χ0) is 13.8. The van der Waals surface area contributed by atoms with E-state index in [-0.39, 0.29) is 0 Å². The van der Waals surface area contributed by atoms with Gasteiger partial charge in [-0.3, -0.25) is 0 Å². The summed E-state index contributed by atoms with van der Waals surface area (Å²) in [6.07, 6.45) is 0. The van der Waals surface area contributed by atoms with Crippen molar-refractivity contribution in [2.24, 2.45) is 0 Å². The Morgan fingerprint density at radius 1 is 1.21 bits per heavy atom. The fourth-order valence-electron chi connectivity index (χ4n) is 1.61. The lowest BCUT2D eigenvalue weighted by atomic mass is 10.2. The van der Waals surface area contributed by atoms with Crippen molar-refractivity contribution in [2.45, 2.75) is 13.5 Å². The molecule has 5 heteroatoms. The molecule has 2 aromatic rings. The van der Waals surface area contributed by atoms with Crippen LogP contribution >= 0.6 is 23.2 Å². The minimum absolute atomic E-state index is 0.500.